The molecule has 2 rings (SSSR count). The number of amides is 1. The van der Waals surface area contributed by atoms with Crippen molar-refractivity contribution in [3.8, 4) is 0 Å². The van der Waals surface area contributed by atoms with Crippen molar-refractivity contribution in [1.29, 1.82) is 0 Å². The largest absolute Gasteiger partial charge is 0.349 e. The zero-order valence-corrected chi connectivity index (χ0v) is 9.71. The number of pyridine rings is 1. The van der Waals surface area contributed by atoms with Crippen LogP contribution in [0.4, 0.5) is 8.78 Å². The second kappa shape index (κ2) is 4.88. The predicted octanol–water partition coefficient (Wildman–Crippen LogP) is 1.68. The minimum absolute atomic E-state index is 0.00911. The topological polar surface area (TPSA) is 62.0 Å². The lowest BCUT2D eigenvalue weighted by molar-refractivity contribution is -0.0399. The summed E-state index contributed by atoms with van der Waals surface area (Å²) in [5.74, 6) is -3.13. The van der Waals surface area contributed by atoms with Gasteiger partial charge in [-0.25, -0.2) is 8.78 Å². The lowest BCUT2D eigenvalue weighted by Crippen LogP contribution is -2.41. The summed E-state index contributed by atoms with van der Waals surface area (Å²) >= 11 is 0. The van der Waals surface area contributed by atoms with Crippen LogP contribution >= 0.6 is 0 Å². The molecule has 1 heterocycles. The standard InChI is InChI=1S/C12H14F2N2O2/c13-12(14)5-3-8(4-6-12)16-11(18)9-2-1-7-15-10(9)17/h1-2,7-8H,3-6H2,(H,15,17)(H,16,18). The number of H-pyrrole nitrogens is 1. The first kappa shape index (κ1) is 12.7. The van der Waals surface area contributed by atoms with E-state index in [1.807, 2.05) is 0 Å². The summed E-state index contributed by atoms with van der Waals surface area (Å²) in [6, 6.07) is 2.67. The Morgan fingerprint density at radius 3 is 2.67 bits per heavy atom. The van der Waals surface area contributed by atoms with Gasteiger partial charge in [-0.2, -0.15) is 0 Å². The minimum Gasteiger partial charge on any atom is -0.349 e. The van der Waals surface area contributed by atoms with Gasteiger partial charge in [-0.05, 0) is 25.0 Å². The molecule has 0 bridgehead atoms. The Hall–Kier alpha value is -1.72. The fraction of sp³-hybridized carbons (Fsp3) is 0.500. The Bertz CT molecular complexity index is 489. The molecule has 0 radical (unpaired) electrons. The van der Waals surface area contributed by atoms with Gasteiger partial charge in [-0.3, -0.25) is 9.59 Å². The number of aromatic amines is 1. The van der Waals surface area contributed by atoms with E-state index in [4.69, 9.17) is 0 Å². The molecule has 0 saturated heterocycles. The van der Waals surface area contributed by atoms with Crippen LogP contribution in [0.2, 0.25) is 0 Å². The van der Waals surface area contributed by atoms with Crippen LogP contribution in [0.25, 0.3) is 0 Å². The number of hydrogen-bond acceptors (Lipinski definition) is 2. The van der Waals surface area contributed by atoms with Gasteiger partial charge in [-0.15, -0.1) is 0 Å². The van der Waals surface area contributed by atoms with Crippen molar-refractivity contribution < 1.29 is 13.6 Å². The normalized spacial score (nSPS) is 19.4. The van der Waals surface area contributed by atoms with E-state index in [0.717, 1.165) is 0 Å². The number of alkyl halides is 2. The summed E-state index contributed by atoms with van der Waals surface area (Å²) in [5, 5.41) is 2.62. The molecule has 1 fully saturated rings. The Morgan fingerprint density at radius 1 is 1.39 bits per heavy atom. The van der Waals surface area contributed by atoms with Gasteiger partial charge in [0.05, 0.1) is 0 Å². The maximum absolute atomic E-state index is 12.9. The molecule has 18 heavy (non-hydrogen) atoms. The van der Waals surface area contributed by atoms with Crippen molar-refractivity contribution in [1.82, 2.24) is 10.3 Å². The van der Waals surface area contributed by atoms with Crippen LogP contribution < -0.4 is 10.9 Å². The van der Waals surface area contributed by atoms with Crippen molar-refractivity contribution in [3.63, 3.8) is 0 Å². The molecule has 0 spiro atoms. The molecule has 1 aromatic heterocycles. The Morgan fingerprint density at radius 2 is 2.06 bits per heavy atom. The Labute approximate surface area is 102 Å². The summed E-state index contributed by atoms with van der Waals surface area (Å²) in [4.78, 5) is 25.5. The van der Waals surface area contributed by atoms with E-state index in [0.29, 0.717) is 0 Å². The number of nitrogens with one attached hydrogen (secondary N) is 2. The summed E-state index contributed by atoms with van der Waals surface area (Å²) < 4.78 is 25.9. The first-order chi connectivity index (χ1) is 8.48. The third kappa shape index (κ3) is 2.94. The van der Waals surface area contributed by atoms with Crippen molar-refractivity contribution >= 4 is 5.91 Å². The molecular weight excluding hydrogens is 242 g/mol. The Balaban J connectivity index is 1.97. The van der Waals surface area contributed by atoms with Crippen LogP contribution in [0.5, 0.6) is 0 Å². The van der Waals surface area contributed by atoms with Crippen LogP contribution in [0.1, 0.15) is 36.0 Å². The van der Waals surface area contributed by atoms with E-state index in [-0.39, 0.29) is 37.3 Å². The average molecular weight is 256 g/mol. The SMILES string of the molecule is O=C(NC1CCC(F)(F)CC1)c1ccc[nH]c1=O. The first-order valence-electron chi connectivity index (χ1n) is 5.84. The minimum atomic E-state index is -2.62. The average Bonchev–Trinajstić information content (AvgIpc) is 2.32. The number of aromatic nitrogens is 1. The van der Waals surface area contributed by atoms with Gasteiger partial charge in [0, 0.05) is 25.1 Å². The number of carbonyl (C=O) groups excluding carboxylic acids is 1. The molecule has 1 aromatic rings. The van der Waals surface area contributed by atoms with E-state index < -0.39 is 17.4 Å². The zero-order valence-electron chi connectivity index (χ0n) is 9.71. The molecule has 2 N–H and O–H groups in total. The van der Waals surface area contributed by atoms with Gasteiger partial charge in [0.2, 0.25) is 5.92 Å². The second-order valence-electron chi connectivity index (χ2n) is 4.52. The highest BCUT2D eigenvalue weighted by atomic mass is 19.3. The summed E-state index contributed by atoms with van der Waals surface area (Å²) in [5.41, 5.74) is -0.467. The number of hydrogen-bond donors (Lipinski definition) is 2. The summed E-state index contributed by atoms with van der Waals surface area (Å²) in [7, 11) is 0. The summed E-state index contributed by atoms with van der Waals surface area (Å²) in [6.45, 7) is 0. The smallest absolute Gasteiger partial charge is 0.260 e. The predicted molar refractivity (Wildman–Crippen MR) is 61.7 cm³/mol. The number of halogens is 2. The molecule has 6 heteroatoms. The van der Waals surface area contributed by atoms with E-state index in [1.165, 1.54) is 12.3 Å². The summed E-state index contributed by atoms with van der Waals surface area (Å²) in [6.07, 6.45) is 1.47. The quantitative estimate of drug-likeness (QED) is 0.845. The van der Waals surface area contributed by atoms with Gasteiger partial charge in [-0.1, -0.05) is 0 Å². The third-order valence-corrected chi connectivity index (χ3v) is 3.12. The van der Waals surface area contributed by atoms with Crippen molar-refractivity contribution in [2.24, 2.45) is 0 Å². The third-order valence-electron chi connectivity index (χ3n) is 3.12. The fourth-order valence-corrected chi connectivity index (χ4v) is 2.05. The highest BCUT2D eigenvalue weighted by molar-refractivity contribution is 5.93. The van der Waals surface area contributed by atoms with Gasteiger partial charge in [0.15, 0.2) is 0 Å². The van der Waals surface area contributed by atoms with Crippen LogP contribution in [0, 0.1) is 0 Å². The van der Waals surface area contributed by atoms with Gasteiger partial charge < -0.3 is 10.3 Å². The van der Waals surface area contributed by atoms with Crippen molar-refractivity contribution in [2.75, 3.05) is 0 Å². The molecular formula is C12H14F2N2O2. The molecule has 1 saturated carbocycles. The molecule has 0 aromatic carbocycles. The van der Waals surface area contributed by atoms with Gasteiger partial charge in [0.1, 0.15) is 5.56 Å². The van der Waals surface area contributed by atoms with Crippen LogP contribution in [-0.4, -0.2) is 22.9 Å². The van der Waals surface area contributed by atoms with Crippen molar-refractivity contribution in [2.45, 2.75) is 37.6 Å². The van der Waals surface area contributed by atoms with Crippen LogP contribution in [0.15, 0.2) is 23.1 Å². The monoisotopic (exact) mass is 256 g/mol. The highest BCUT2D eigenvalue weighted by Gasteiger charge is 2.35. The van der Waals surface area contributed by atoms with Gasteiger partial charge >= 0.3 is 0 Å². The number of rotatable bonds is 2. The van der Waals surface area contributed by atoms with E-state index in [2.05, 4.69) is 10.3 Å². The highest BCUT2D eigenvalue weighted by Crippen LogP contribution is 2.32. The fourth-order valence-electron chi connectivity index (χ4n) is 2.05. The molecule has 0 atom stereocenters. The van der Waals surface area contributed by atoms with Crippen LogP contribution in [-0.2, 0) is 0 Å². The molecule has 0 aliphatic heterocycles. The van der Waals surface area contributed by atoms with E-state index in [1.54, 1.807) is 6.07 Å². The maximum atomic E-state index is 12.9. The molecule has 1 aliphatic rings. The lowest BCUT2D eigenvalue weighted by Gasteiger charge is -2.28. The molecule has 0 unspecified atom stereocenters. The first-order valence-corrected chi connectivity index (χ1v) is 5.84. The second-order valence-corrected chi connectivity index (χ2v) is 4.52. The zero-order chi connectivity index (χ0) is 13.2. The lowest BCUT2D eigenvalue weighted by atomic mass is 9.92. The molecule has 98 valence electrons. The van der Waals surface area contributed by atoms with Gasteiger partial charge in [0.25, 0.3) is 11.5 Å². The molecule has 1 aliphatic carbocycles. The van der Waals surface area contributed by atoms with Crippen LogP contribution in [0.3, 0.4) is 0 Å². The molecule has 1 amide bonds. The Kier molecular flexibility index (Phi) is 3.45. The maximum Gasteiger partial charge on any atom is 0.260 e. The van der Waals surface area contributed by atoms with E-state index in [9.17, 15) is 18.4 Å². The van der Waals surface area contributed by atoms with Crippen molar-refractivity contribution in [3.05, 3.63) is 34.2 Å². The van der Waals surface area contributed by atoms with E-state index >= 15 is 0 Å². The number of carbonyl (C=O) groups is 1. The molecule has 4 nitrogen and oxygen atoms in total.